The Bertz CT molecular complexity index is 890. The number of ether oxygens (including phenoxy) is 2. The van der Waals surface area contributed by atoms with Crippen molar-refractivity contribution in [3.8, 4) is 11.5 Å². The zero-order valence-electron chi connectivity index (χ0n) is 18.5. The lowest BCUT2D eigenvalue weighted by molar-refractivity contribution is -0.132. The van der Waals surface area contributed by atoms with E-state index >= 15 is 0 Å². The molecule has 0 atom stereocenters. The molecule has 0 radical (unpaired) electrons. The first-order valence-electron chi connectivity index (χ1n) is 10.5. The monoisotopic (exact) mass is 425 g/mol. The highest BCUT2D eigenvalue weighted by Gasteiger charge is 2.22. The minimum atomic E-state index is -0.0331. The number of aryl methyl sites for hydroxylation is 1. The van der Waals surface area contributed by atoms with Gasteiger partial charge in [0.25, 0.3) is 0 Å². The van der Waals surface area contributed by atoms with E-state index in [9.17, 15) is 9.59 Å². The van der Waals surface area contributed by atoms with E-state index in [0.717, 1.165) is 11.1 Å². The molecule has 0 aromatic heterocycles. The fourth-order valence-electron chi connectivity index (χ4n) is 3.60. The quantitative estimate of drug-likeness (QED) is 0.701. The van der Waals surface area contributed by atoms with Gasteiger partial charge in [0.15, 0.2) is 11.5 Å². The van der Waals surface area contributed by atoms with Gasteiger partial charge in [0.1, 0.15) is 0 Å². The van der Waals surface area contributed by atoms with Crippen LogP contribution in [0.3, 0.4) is 0 Å². The number of carbonyl (C=O) groups is 2. The summed E-state index contributed by atoms with van der Waals surface area (Å²) in [6.07, 6.45) is 0.423. The third-order valence-corrected chi connectivity index (χ3v) is 5.51. The summed E-state index contributed by atoms with van der Waals surface area (Å²) in [5.41, 5.74) is 3.17. The van der Waals surface area contributed by atoms with Crippen LogP contribution >= 0.6 is 0 Å². The fourth-order valence-corrected chi connectivity index (χ4v) is 3.60. The summed E-state index contributed by atoms with van der Waals surface area (Å²) in [7, 11) is 3.18. The first kappa shape index (κ1) is 22.6. The molecule has 2 aromatic carbocycles. The molecule has 1 aliphatic heterocycles. The van der Waals surface area contributed by atoms with Crippen LogP contribution in [-0.4, -0.2) is 68.6 Å². The van der Waals surface area contributed by atoms with E-state index in [1.54, 1.807) is 14.2 Å². The van der Waals surface area contributed by atoms with Crippen molar-refractivity contribution in [2.45, 2.75) is 19.9 Å². The Morgan fingerprint density at radius 2 is 1.55 bits per heavy atom. The SMILES string of the molecule is COc1ccc(CNC(=O)CN2CCN(C(=O)Cc3ccc(C)cc3)CC2)cc1OC. The van der Waals surface area contributed by atoms with Gasteiger partial charge >= 0.3 is 0 Å². The minimum absolute atomic E-state index is 0.0331. The molecule has 7 heteroatoms. The third kappa shape index (κ3) is 6.46. The Hall–Kier alpha value is -3.06. The lowest BCUT2D eigenvalue weighted by Crippen LogP contribution is -2.51. The Morgan fingerprint density at radius 3 is 2.19 bits per heavy atom. The van der Waals surface area contributed by atoms with Crippen molar-refractivity contribution in [3.05, 3.63) is 59.2 Å². The van der Waals surface area contributed by atoms with Gasteiger partial charge in [0.2, 0.25) is 11.8 Å². The summed E-state index contributed by atoms with van der Waals surface area (Å²) < 4.78 is 10.5. The van der Waals surface area contributed by atoms with Crippen molar-refractivity contribution in [3.63, 3.8) is 0 Å². The van der Waals surface area contributed by atoms with E-state index < -0.39 is 0 Å². The predicted molar refractivity (Wildman–Crippen MR) is 119 cm³/mol. The lowest BCUT2D eigenvalue weighted by atomic mass is 10.1. The number of hydrogen-bond acceptors (Lipinski definition) is 5. The zero-order chi connectivity index (χ0) is 22.2. The first-order chi connectivity index (χ1) is 15.0. The molecule has 2 amide bonds. The summed E-state index contributed by atoms with van der Waals surface area (Å²) in [5.74, 6) is 1.41. The van der Waals surface area contributed by atoms with E-state index in [1.165, 1.54) is 5.56 Å². The maximum atomic E-state index is 12.5. The van der Waals surface area contributed by atoms with Crippen LogP contribution in [0.5, 0.6) is 11.5 Å². The molecule has 1 N–H and O–H groups in total. The highest BCUT2D eigenvalue weighted by Crippen LogP contribution is 2.27. The van der Waals surface area contributed by atoms with Crippen LogP contribution in [0.15, 0.2) is 42.5 Å². The smallest absolute Gasteiger partial charge is 0.234 e. The molecule has 0 saturated carbocycles. The standard InChI is InChI=1S/C24H31N3O4/c1-18-4-6-19(7-5-18)15-24(29)27-12-10-26(11-13-27)17-23(28)25-16-20-8-9-21(30-2)22(14-20)31-3/h4-9,14H,10-13,15-17H2,1-3H3,(H,25,28). The number of rotatable bonds is 8. The summed E-state index contributed by atoms with van der Waals surface area (Å²) in [6, 6.07) is 13.7. The average molecular weight is 426 g/mol. The maximum Gasteiger partial charge on any atom is 0.234 e. The van der Waals surface area contributed by atoms with Crippen molar-refractivity contribution in [2.24, 2.45) is 0 Å². The van der Waals surface area contributed by atoms with Gasteiger partial charge in [-0.05, 0) is 30.2 Å². The average Bonchev–Trinajstić information content (AvgIpc) is 2.79. The van der Waals surface area contributed by atoms with Crippen molar-refractivity contribution in [1.82, 2.24) is 15.1 Å². The van der Waals surface area contributed by atoms with Gasteiger partial charge in [-0.15, -0.1) is 0 Å². The number of nitrogens with one attached hydrogen (secondary N) is 1. The summed E-state index contributed by atoms with van der Waals surface area (Å²) >= 11 is 0. The molecule has 7 nitrogen and oxygen atoms in total. The summed E-state index contributed by atoms with van der Waals surface area (Å²) in [6.45, 7) is 5.48. The van der Waals surface area contributed by atoms with Crippen LogP contribution in [0.4, 0.5) is 0 Å². The van der Waals surface area contributed by atoms with Gasteiger partial charge in [0, 0.05) is 32.7 Å². The zero-order valence-corrected chi connectivity index (χ0v) is 18.5. The van der Waals surface area contributed by atoms with E-state index in [2.05, 4.69) is 10.2 Å². The predicted octanol–water partition coefficient (Wildman–Crippen LogP) is 2.02. The van der Waals surface area contributed by atoms with E-state index in [0.29, 0.717) is 57.2 Å². The number of benzene rings is 2. The van der Waals surface area contributed by atoms with Crippen molar-refractivity contribution < 1.29 is 19.1 Å². The Balaban J connectivity index is 1.40. The normalized spacial score (nSPS) is 14.2. The highest BCUT2D eigenvalue weighted by atomic mass is 16.5. The Kier molecular flexibility index (Phi) is 7.89. The number of hydrogen-bond donors (Lipinski definition) is 1. The number of methoxy groups -OCH3 is 2. The van der Waals surface area contributed by atoms with E-state index in [4.69, 9.17) is 9.47 Å². The molecule has 0 spiro atoms. The highest BCUT2D eigenvalue weighted by molar-refractivity contribution is 5.79. The molecule has 0 aliphatic carbocycles. The third-order valence-electron chi connectivity index (χ3n) is 5.51. The molecule has 31 heavy (non-hydrogen) atoms. The van der Waals surface area contributed by atoms with Crippen molar-refractivity contribution >= 4 is 11.8 Å². The van der Waals surface area contributed by atoms with Gasteiger partial charge in [-0.1, -0.05) is 35.9 Å². The molecule has 1 fully saturated rings. The second-order valence-corrected chi connectivity index (χ2v) is 7.79. The molecule has 0 unspecified atom stereocenters. The van der Waals surface area contributed by atoms with E-state index in [1.807, 2.05) is 54.3 Å². The van der Waals surface area contributed by atoms with Crippen LogP contribution in [0.2, 0.25) is 0 Å². The molecule has 1 aliphatic rings. The molecule has 1 saturated heterocycles. The van der Waals surface area contributed by atoms with Crippen LogP contribution < -0.4 is 14.8 Å². The first-order valence-corrected chi connectivity index (χ1v) is 10.5. The number of nitrogens with zero attached hydrogens (tertiary/aromatic N) is 2. The van der Waals surface area contributed by atoms with Gasteiger partial charge < -0.3 is 19.7 Å². The molecule has 3 rings (SSSR count). The van der Waals surface area contributed by atoms with Crippen LogP contribution in [0.25, 0.3) is 0 Å². The lowest BCUT2D eigenvalue weighted by Gasteiger charge is -2.34. The number of amides is 2. The van der Waals surface area contributed by atoms with Gasteiger partial charge in [-0.3, -0.25) is 14.5 Å². The second-order valence-electron chi connectivity index (χ2n) is 7.79. The van der Waals surface area contributed by atoms with Gasteiger partial charge in [-0.2, -0.15) is 0 Å². The molecule has 1 heterocycles. The fraction of sp³-hybridized carbons (Fsp3) is 0.417. The molecular weight excluding hydrogens is 394 g/mol. The number of piperazine rings is 1. The second kappa shape index (κ2) is 10.8. The molecule has 166 valence electrons. The Labute approximate surface area is 183 Å². The van der Waals surface area contributed by atoms with Crippen LogP contribution in [-0.2, 0) is 22.6 Å². The molecule has 2 aromatic rings. The summed E-state index contributed by atoms with van der Waals surface area (Å²) in [4.78, 5) is 28.9. The minimum Gasteiger partial charge on any atom is -0.493 e. The van der Waals surface area contributed by atoms with Gasteiger partial charge in [0.05, 0.1) is 27.2 Å². The van der Waals surface area contributed by atoms with Crippen molar-refractivity contribution in [1.29, 1.82) is 0 Å². The molecule has 0 bridgehead atoms. The van der Waals surface area contributed by atoms with E-state index in [-0.39, 0.29) is 11.8 Å². The topological polar surface area (TPSA) is 71.1 Å². The molecular formula is C24H31N3O4. The van der Waals surface area contributed by atoms with Crippen LogP contribution in [0.1, 0.15) is 16.7 Å². The maximum absolute atomic E-state index is 12.5. The van der Waals surface area contributed by atoms with Gasteiger partial charge in [-0.25, -0.2) is 0 Å². The van der Waals surface area contributed by atoms with Crippen LogP contribution in [0, 0.1) is 6.92 Å². The number of carbonyl (C=O) groups excluding carboxylic acids is 2. The van der Waals surface area contributed by atoms with Crippen molar-refractivity contribution in [2.75, 3.05) is 46.9 Å². The largest absolute Gasteiger partial charge is 0.493 e. The Morgan fingerprint density at radius 1 is 0.903 bits per heavy atom. The summed E-state index contributed by atoms with van der Waals surface area (Å²) in [5, 5.41) is 2.95.